The van der Waals surface area contributed by atoms with Gasteiger partial charge in [-0.25, -0.2) is 0 Å². The van der Waals surface area contributed by atoms with E-state index in [0.717, 1.165) is 19.3 Å². The number of nitrogens with two attached hydrogens (primary N) is 1. The molecule has 16 heavy (non-hydrogen) atoms. The number of ether oxygens (including phenoxy) is 1. The van der Waals surface area contributed by atoms with Crippen LogP contribution in [0.1, 0.15) is 45.4 Å². The van der Waals surface area contributed by atoms with Gasteiger partial charge in [0.05, 0.1) is 11.6 Å². The molecule has 0 aliphatic heterocycles. The predicted octanol–water partition coefficient (Wildman–Crippen LogP) is 1.19. The third-order valence-electron chi connectivity index (χ3n) is 3.54. The number of amides is 1. The van der Waals surface area contributed by atoms with Crippen LogP contribution in [-0.4, -0.2) is 31.2 Å². The third-order valence-corrected chi connectivity index (χ3v) is 3.54. The molecule has 1 rings (SSSR count). The number of hydrogen-bond donors (Lipinski definition) is 2. The van der Waals surface area contributed by atoms with Crippen LogP contribution in [0.15, 0.2) is 0 Å². The Hall–Kier alpha value is -0.610. The van der Waals surface area contributed by atoms with E-state index in [9.17, 15) is 4.79 Å². The first-order valence-electron chi connectivity index (χ1n) is 6.16. The highest BCUT2D eigenvalue weighted by molar-refractivity contribution is 5.76. The van der Waals surface area contributed by atoms with Gasteiger partial charge in [-0.3, -0.25) is 4.79 Å². The van der Waals surface area contributed by atoms with Crippen molar-refractivity contribution in [3.63, 3.8) is 0 Å². The van der Waals surface area contributed by atoms with Gasteiger partial charge >= 0.3 is 0 Å². The molecule has 1 amide bonds. The van der Waals surface area contributed by atoms with E-state index in [2.05, 4.69) is 5.32 Å². The SMILES string of the molecule is COC(C)CCC(=O)NC1(CN)CCCC1. The highest BCUT2D eigenvalue weighted by Crippen LogP contribution is 2.28. The van der Waals surface area contributed by atoms with Gasteiger partial charge in [0.15, 0.2) is 0 Å². The first-order valence-corrected chi connectivity index (χ1v) is 6.16. The summed E-state index contributed by atoms with van der Waals surface area (Å²) in [5, 5.41) is 3.10. The molecule has 0 aromatic rings. The van der Waals surface area contributed by atoms with Crippen LogP contribution in [0.25, 0.3) is 0 Å². The second-order valence-corrected chi connectivity index (χ2v) is 4.82. The number of methoxy groups -OCH3 is 1. The Balaban J connectivity index is 2.32. The van der Waals surface area contributed by atoms with Gasteiger partial charge in [-0.2, -0.15) is 0 Å². The molecule has 0 radical (unpaired) electrons. The third kappa shape index (κ3) is 3.76. The molecule has 4 heteroatoms. The predicted molar refractivity (Wildman–Crippen MR) is 64.1 cm³/mol. The van der Waals surface area contributed by atoms with Gasteiger partial charge in [0, 0.05) is 20.1 Å². The molecule has 1 aliphatic carbocycles. The summed E-state index contributed by atoms with van der Waals surface area (Å²) in [6.07, 6.45) is 5.82. The highest BCUT2D eigenvalue weighted by Gasteiger charge is 2.33. The van der Waals surface area contributed by atoms with Gasteiger partial charge in [-0.1, -0.05) is 12.8 Å². The highest BCUT2D eigenvalue weighted by atomic mass is 16.5. The molecule has 0 bridgehead atoms. The molecular weight excluding hydrogens is 204 g/mol. The molecule has 0 heterocycles. The standard InChI is InChI=1S/C12H24N2O2/c1-10(16-2)5-6-11(15)14-12(9-13)7-3-4-8-12/h10H,3-9,13H2,1-2H3,(H,14,15). The fourth-order valence-corrected chi connectivity index (χ4v) is 2.24. The summed E-state index contributed by atoms with van der Waals surface area (Å²) in [5.41, 5.74) is 5.64. The molecule has 0 spiro atoms. The van der Waals surface area contributed by atoms with Crippen LogP contribution >= 0.6 is 0 Å². The lowest BCUT2D eigenvalue weighted by molar-refractivity contribution is -0.123. The van der Waals surface area contributed by atoms with Crippen LogP contribution in [0, 0.1) is 0 Å². The molecular formula is C12H24N2O2. The second-order valence-electron chi connectivity index (χ2n) is 4.82. The fraction of sp³-hybridized carbons (Fsp3) is 0.917. The smallest absolute Gasteiger partial charge is 0.220 e. The van der Waals surface area contributed by atoms with Gasteiger partial charge < -0.3 is 15.8 Å². The van der Waals surface area contributed by atoms with Crippen LogP contribution < -0.4 is 11.1 Å². The van der Waals surface area contributed by atoms with Crippen molar-refractivity contribution in [3.8, 4) is 0 Å². The van der Waals surface area contributed by atoms with E-state index in [4.69, 9.17) is 10.5 Å². The normalized spacial score (nSPS) is 20.7. The van der Waals surface area contributed by atoms with Crippen molar-refractivity contribution in [1.29, 1.82) is 0 Å². The van der Waals surface area contributed by atoms with Crippen molar-refractivity contribution >= 4 is 5.91 Å². The van der Waals surface area contributed by atoms with Crippen LogP contribution in [-0.2, 0) is 9.53 Å². The van der Waals surface area contributed by atoms with Crippen molar-refractivity contribution in [2.75, 3.05) is 13.7 Å². The molecule has 4 nitrogen and oxygen atoms in total. The fourth-order valence-electron chi connectivity index (χ4n) is 2.24. The lowest BCUT2D eigenvalue weighted by atomic mass is 9.97. The first kappa shape index (κ1) is 13.5. The Morgan fingerprint density at radius 2 is 2.12 bits per heavy atom. The zero-order valence-corrected chi connectivity index (χ0v) is 10.4. The molecule has 1 saturated carbocycles. The van der Waals surface area contributed by atoms with Crippen molar-refractivity contribution in [2.45, 2.75) is 57.1 Å². The molecule has 1 fully saturated rings. The van der Waals surface area contributed by atoms with Crippen LogP contribution in [0.5, 0.6) is 0 Å². The van der Waals surface area contributed by atoms with Crippen LogP contribution in [0.3, 0.4) is 0 Å². The molecule has 0 aromatic carbocycles. The minimum absolute atomic E-state index is 0.108. The maximum atomic E-state index is 11.8. The van der Waals surface area contributed by atoms with Gasteiger partial charge in [0.25, 0.3) is 0 Å². The van der Waals surface area contributed by atoms with Gasteiger partial charge in [-0.15, -0.1) is 0 Å². The summed E-state index contributed by atoms with van der Waals surface area (Å²) < 4.78 is 5.12. The lowest BCUT2D eigenvalue weighted by Crippen LogP contribution is -2.51. The van der Waals surface area contributed by atoms with Crippen LogP contribution in [0.4, 0.5) is 0 Å². The van der Waals surface area contributed by atoms with E-state index in [1.165, 1.54) is 12.8 Å². The summed E-state index contributed by atoms with van der Waals surface area (Å²) in [4.78, 5) is 11.8. The number of rotatable bonds is 6. The largest absolute Gasteiger partial charge is 0.382 e. The van der Waals surface area contributed by atoms with Gasteiger partial charge in [-0.05, 0) is 26.2 Å². The van der Waals surface area contributed by atoms with Crippen LogP contribution in [0.2, 0.25) is 0 Å². The van der Waals surface area contributed by atoms with Crippen molar-refractivity contribution in [1.82, 2.24) is 5.32 Å². The van der Waals surface area contributed by atoms with E-state index < -0.39 is 0 Å². The molecule has 1 unspecified atom stereocenters. The lowest BCUT2D eigenvalue weighted by Gasteiger charge is -2.28. The monoisotopic (exact) mass is 228 g/mol. The van der Waals surface area contributed by atoms with Crippen molar-refractivity contribution in [2.24, 2.45) is 5.73 Å². The zero-order valence-electron chi connectivity index (χ0n) is 10.4. The zero-order chi connectivity index (χ0) is 12.0. The van der Waals surface area contributed by atoms with Crippen molar-refractivity contribution < 1.29 is 9.53 Å². The summed E-state index contributed by atoms with van der Waals surface area (Å²) >= 11 is 0. The van der Waals surface area contributed by atoms with E-state index in [1.54, 1.807) is 7.11 Å². The summed E-state index contributed by atoms with van der Waals surface area (Å²) in [7, 11) is 1.67. The van der Waals surface area contributed by atoms with Gasteiger partial charge in [0.2, 0.25) is 5.91 Å². The number of nitrogens with one attached hydrogen (secondary N) is 1. The second kappa shape index (κ2) is 6.21. The van der Waals surface area contributed by atoms with Gasteiger partial charge in [0.1, 0.15) is 0 Å². The number of hydrogen-bond acceptors (Lipinski definition) is 3. The molecule has 0 saturated heterocycles. The Morgan fingerprint density at radius 3 is 2.62 bits per heavy atom. The first-order chi connectivity index (χ1) is 7.62. The Morgan fingerprint density at radius 1 is 1.50 bits per heavy atom. The quantitative estimate of drug-likeness (QED) is 0.717. The van der Waals surface area contributed by atoms with E-state index in [0.29, 0.717) is 13.0 Å². The molecule has 1 aliphatic rings. The van der Waals surface area contributed by atoms with E-state index >= 15 is 0 Å². The Labute approximate surface area is 97.9 Å². The maximum absolute atomic E-state index is 11.8. The average molecular weight is 228 g/mol. The molecule has 1 atom stereocenters. The summed E-state index contributed by atoms with van der Waals surface area (Å²) in [5.74, 6) is 0.108. The topological polar surface area (TPSA) is 64.3 Å². The minimum Gasteiger partial charge on any atom is -0.382 e. The van der Waals surface area contributed by atoms with E-state index in [1.807, 2.05) is 6.92 Å². The summed E-state index contributed by atoms with van der Waals surface area (Å²) in [6, 6.07) is 0. The number of carbonyl (C=O) groups is 1. The Bertz CT molecular complexity index is 225. The summed E-state index contributed by atoms with van der Waals surface area (Å²) in [6.45, 7) is 2.53. The number of carbonyl (C=O) groups excluding carboxylic acids is 1. The maximum Gasteiger partial charge on any atom is 0.220 e. The Kier molecular flexibility index (Phi) is 5.22. The van der Waals surface area contributed by atoms with Crippen molar-refractivity contribution in [3.05, 3.63) is 0 Å². The van der Waals surface area contributed by atoms with E-state index in [-0.39, 0.29) is 17.6 Å². The minimum atomic E-state index is -0.118. The average Bonchev–Trinajstić information content (AvgIpc) is 2.75. The molecule has 3 N–H and O–H groups in total. The molecule has 0 aromatic heterocycles. The molecule has 94 valence electrons.